The number of hydrogen-bond acceptors (Lipinski definition) is 6. The summed E-state index contributed by atoms with van der Waals surface area (Å²) in [7, 11) is 0. The van der Waals surface area contributed by atoms with Crippen LogP contribution in [0.3, 0.4) is 0 Å². The number of anilines is 1. The zero-order valence-corrected chi connectivity index (χ0v) is 20.2. The molecule has 1 aliphatic rings. The normalized spacial score (nSPS) is 14.6. The maximum absolute atomic E-state index is 12.4. The van der Waals surface area contributed by atoms with Crippen LogP contribution in [0, 0.1) is 0 Å². The van der Waals surface area contributed by atoms with E-state index in [4.69, 9.17) is 0 Å². The summed E-state index contributed by atoms with van der Waals surface area (Å²) < 4.78 is 1.92. The average molecular weight is 465 g/mol. The van der Waals surface area contributed by atoms with Gasteiger partial charge in [-0.15, -0.1) is 10.2 Å². The van der Waals surface area contributed by atoms with Crippen LogP contribution < -0.4 is 10.2 Å². The highest BCUT2D eigenvalue weighted by Gasteiger charge is 2.17. The van der Waals surface area contributed by atoms with Gasteiger partial charge in [0.05, 0.1) is 5.75 Å². The molecule has 1 fully saturated rings. The van der Waals surface area contributed by atoms with Crippen LogP contribution in [0.15, 0.2) is 66.1 Å². The Kier molecular flexibility index (Phi) is 8.01. The second-order valence-electron chi connectivity index (χ2n) is 8.53. The van der Waals surface area contributed by atoms with E-state index in [1.54, 1.807) is 6.33 Å². The smallest absolute Gasteiger partial charge is 0.230 e. The van der Waals surface area contributed by atoms with E-state index in [1.807, 2.05) is 4.57 Å². The van der Waals surface area contributed by atoms with Gasteiger partial charge in [0.15, 0.2) is 5.16 Å². The summed E-state index contributed by atoms with van der Waals surface area (Å²) in [6.45, 7) is 9.95. The Morgan fingerprint density at radius 3 is 2.42 bits per heavy atom. The van der Waals surface area contributed by atoms with Crippen molar-refractivity contribution in [1.82, 2.24) is 25.0 Å². The summed E-state index contributed by atoms with van der Waals surface area (Å²) in [5, 5.41) is 12.0. The number of rotatable bonds is 9. The van der Waals surface area contributed by atoms with Crippen molar-refractivity contribution in [3.05, 3.63) is 66.5 Å². The van der Waals surface area contributed by atoms with E-state index in [1.165, 1.54) is 23.0 Å². The monoisotopic (exact) mass is 464 g/mol. The second kappa shape index (κ2) is 11.3. The number of amides is 1. The third kappa shape index (κ3) is 6.36. The molecule has 3 aromatic rings. The number of carbonyl (C=O) groups excluding carboxylic acids is 1. The van der Waals surface area contributed by atoms with Crippen LogP contribution in [0.2, 0.25) is 0 Å². The highest BCUT2D eigenvalue weighted by atomic mass is 32.2. The number of nitrogens with zero attached hydrogens (tertiary/aromatic N) is 5. The van der Waals surface area contributed by atoms with E-state index in [0.29, 0.717) is 18.2 Å². The molecule has 0 aliphatic carbocycles. The zero-order chi connectivity index (χ0) is 23.0. The van der Waals surface area contributed by atoms with Crippen LogP contribution in [0.25, 0.3) is 5.69 Å². The molecule has 4 rings (SSSR count). The number of piperazine rings is 1. The van der Waals surface area contributed by atoms with Gasteiger partial charge in [-0.2, -0.15) is 0 Å². The second-order valence-corrected chi connectivity index (χ2v) is 9.48. The van der Waals surface area contributed by atoms with Crippen LogP contribution in [0.1, 0.15) is 25.3 Å². The summed E-state index contributed by atoms with van der Waals surface area (Å²) in [5.74, 6) is 0.836. The molecule has 7 nitrogen and oxygen atoms in total. The van der Waals surface area contributed by atoms with Crippen LogP contribution in [0.4, 0.5) is 5.69 Å². The lowest BCUT2D eigenvalue weighted by Crippen LogP contribution is -2.48. The van der Waals surface area contributed by atoms with E-state index in [0.717, 1.165) is 43.6 Å². The molecule has 1 saturated heterocycles. The molecule has 0 radical (unpaired) electrons. The minimum Gasteiger partial charge on any atom is -0.369 e. The molecule has 1 N–H and O–H groups in total. The minimum atomic E-state index is 0.0210. The van der Waals surface area contributed by atoms with Crippen LogP contribution >= 0.6 is 11.8 Å². The molecular weight excluding hydrogens is 432 g/mol. The summed E-state index contributed by atoms with van der Waals surface area (Å²) in [4.78, 5) is 17.2. The van der Waals surface area contributed by atoms with Crippen molar-refractivity contribution >= 4 is 23.4 Å². The number of thioether (sulfide) groups is 1. The maximum Gasteiger partial charge on any atom is 0.230 e. The van der Waals surface area contributed by atoms with E-state index in [-0.39, 0.29) is 5.91 Å². The van der Waals surface area contributed by atoms with Gasteiger partial charge in [0.1, 0.15) is 6.33 Å². The van der Waals surface area contributed by atoms with Gasteiger partial charge in [0, 0.05) is 50.6 Å². The molecule has 1 amide bonds. The Bertz CT molecular complexity index is 1010. The Labute approximate surface area is 200 Å². The lowest BCUT2D eigenvalue weighted by atomic mass is 10.0. The largest absolute Gasteiger partial charge is 0.369 e. The summed E-state index contributed by atoms with van der Waals surface area (Å²) in [6, 6.07) is 18.9. The van der Waals surface area contributed by atoms with E-state index < -0.39 is 0 Å². The molecule has 174 valence electrons. The fourth-order valence-electron chi connectivity index (χ4n) is 3.92. The van der Waals surface area contributed by atoms with Crippen molar-refractivity contribution < 1.29 is 4.79 Å². The summed E-state index contributed by atoms with van der Waals surface area (Å²) in [5.41, 5.74) is 3.58. The van der Waals surface area contributed by atoms with E-state index in [9.17, 15) is 4.79 Å². The number of benzene rings is 2. The molecule has 0 bridgehead atoms. The molecule has 0 saturated carbocycles. The van der Waals surface area contributed by atoms with Gasteiger partial charge in [-0.1, -0.05) is 55.9 Å². The Hall–Kier alpha value is -2.84. The zero-order valence-electron chi connectivity index (χ0n) is 19.4. The van der Waals surface area contributed by atoms with Crippen LogP contribution in [-0.2, 0) is 4.79 Å². The summed E-state index contributed by atoms with van der Waals surface area (Å²) >= 11 is 1.41. The fraction of sp³-hybridized carbons (Fsp3) is 0.400. The highest BCUT2D eigenvalue weighted by Crippen LogP contribution is 2.22. The first-order valence-electron chi connectivity index (χ1n) is 11.5. The number of carbonyl (C=O) groups is 1. The van der Waals surface area contributed by atoms with Gasteiger partial charge >= 0.3 is 0 Å². The maximum atomic E-state index is 12.4. The molecule has 2 heterocycles. The fourth-order valence-corrected chi connectivity index (χ4v) is 4.68. The average Bonchev–Trinajstić information content (AvgIpc) is 3.32. The standard InChI is InChI=1S/C25H32N6OS/c1-20(2)21-8-10-23(11-9-21)31-19-27-28-25(31)33-18-24(32)26-12-13-29-14-16-30(17-15-29)22-6-4-3-5-7-22/h3-11,19-20H,12-18H2,1-2H3,(H,26,32). The highest BCUT2D eigenvalue weighted by molar-refractivity contribution is 7.99. The Morgan fingerprint density at radius 2 is 1.73 bits per heavy atom. The molecule has 0 atom stereocenters. The van der Waals surface area contributed by atoms with E-state index in [2.05, 4.69) is 93.8 Å². The van der Waals surface area contributed by atoms with Crippen molar-refractivity contribution in [2.45, 2.75) is 24.9 Å². The van der Waals surface area contributed by atoms with E-state index >= 15 is 0 Å². The molecule has 33 heavy (non-hydrogen) atoms. The van der Waals surface area contributed by atoms with Crippen LogP contribution in [0.5, 0.6) is 0 Å². The first-order chi connectivity index (χ1) is 16.1. The molecule has 8 heteroatoms. The van der Waals surface area contributed by atoms with Gasteiger partial charge in [-0.3, -0.25) is 14.3 Å². The third-order valence-corrected chi connectivity index (χ3v) is 6.87. The number of hydrogen-bond donors (Lipinski definition) is 1. The van der Waals surface area contributed by atoms with Crippen molar-refractivity contribution in [3.8, 4) is 5.69 Å². The molecule has 0 spiro atoms. The summed E-state index contributed by atoms with van der Waals surface area (Å²) in [6.07, 6.45) is 1.69. The topological polar surface area (TPSA) is 66.3 Å². The van der Waals surface area contributed by atoms with Gasteiger partial charge in [-0.25, -0.2) is 0 Å². The quantitative estimate of drug-likeness (QED) is 0.490. The molecule has 1 aliphatic heterocycles. The van der Waals surface area contributed by atoms with Crippen molar-refractivity contribution in [2.24, 2.45) is 0 Å². The van der Waals surface area contributed by atoms with Gasteiger partial charge in [-0.05, 0) is 35.7 Å². The first kappa shape index (κ1) is 23.3. The molecular formula is C25H32N6OS. The molecule has 0 unspecified atom stereocenters. The van der Waals surface area contributed by atoms with Gasteiger partial charge in [0.2, 0.25) is 5.91 Å². The van der Waals surface area contributed by atoms with Crippen molar-refractivity contribution in [1.29, 1.82) is 0 Å². The lowest BCUT2D eigenvalue weighted by molar-refractivity contribution is -0.118. The van der Waals surface area contributed by atoms with Crippen molar-refractivity contribution in [3.63, 3.8) is 0 Å². The van der Waals surface area contributed by atoms with Gasteiger partial charge < -0.3 is 10.2 Å². The molecule has 1 aromatic heterocycles. The minimum absolute atomic E-state index is 0.0210. The predicted molar refractivity (Wildman–Crippen MR) is 134 cm³/mol. The number of para-hydroxylation sites is 1. The SMILES string of the molecule is CC(C)c1ccc(-n2cnnc2SCC(=O)NCCN2CCN(c3ccccc3)CC2)cc1. The predicted octanol–water partition coefficient (Wildman–Crippen LogP) is 3.42. The van der Waals surface area contributed by atoms with Gasteiger partial charge in [0.25, 0.3) is 0 Å². The third-order valence-electron chi connectivity index (χ3n) is 5.93. The lowest BCUT2D eigenvalue weighted by Gasteiger charge is -2.36. The first-order valence-corrected chi connectivity index (χ1v) is 12.5. The molecule has 2 aromatic carbocycles. The number of aromatic nitrogens is 3. The number of nitrogens with one attached hydrogen (secondary N) is 1. The Balaban J connectivity index is 1.18. The Morgan fingerprint density at radius 1 is 1.00 bits per heavy atom. The van der Waals surface area contributed by atoms with Crippen molar-refractivity contribution in [2.75, 3.05) is 49.9 Å². The van der Waals surface area contributed by atoms with Crippen LogP contribution in [-0.4, -0.2) is 70.6 Å².